The van der Waals surface area contributed by atoms with E-state index in [2.05, 4.69) is 5.32 Å². The van der Waals surface area contributed by atoms with Gasteiger partial charge in [0.2, 0.25) is 5.91 Å². The van der Waals surface area contributed by atoms with Crippen molar-refractivity contribution in [3.8, 4) is 0 Å². The predicted molar refractivity (Wildman–Crippen MR) is 101 cm³/mol. The summed E-state index contributed by atoms with van der Waals surface area (Å²) < 4.78 is 4.92. The number of carbonyl (C=O) groups excluding carboxylic acids is 2. The number of anilines is 1. The second-order valence-corrected chi connectivity index (χ2v) is 6.68. The number of nitrogens with zero attached hydrogens (tertiary/aromatic N) is 3. The lowest BCUT2D eigenvalue weighted by molar-refractivity contribution is -0.384. The Morgan fingerprint density at radius 1 is 1.22 bits per heavy atom. The first kappa shape index (κ1) is 20.6. The topological polar surface area (TPSA) is 105 Å². The van der Waals surface area contributed by atoms with Crippen LogP contribution in [0, 0.1) is 16.0 Å². The molecule has 0 radical (unpaired) electrons. The van der Waals surface area contributed by atoms with Crippen LogP contribution in [0.1, 0.15) is 24.2 Å². The number of methoxy groups -OCH3 is 1. The van der Waals surface area contributed by atoms with Crippen LogP contribution in [0.3, 0.4) is 0 Å². The molecule has 0 spiro atoms. The van der Waals surface area contributed by atoms with Gasteiger partial charge in [0.1, 0.15) is 5.69 Å². The van der Waals surface area contributed by atoms with Gasteiger partial charge in [0.05, 0.1) is 11.5 Å². The molecule has 27 heavy (non-hydrogen) atoms. The zero-order valence-corrected chi connectivity index (χ0v) is 15.9. The zero-order chi connectivity index (χ0) is 20.0. The van der Waals surface area contributed by atoms with E-state index < -0.39 is 4.92 Å². The van der Waals surface area contributed by atoms with Crippen LogP contribution < -0.4 is 5.32 Å². The molecule has 148 valence electrons. The molecule has 1 N–H and O–H groups in total. The summed E-state index contributed by atoms with van der Waals surface area (Å²) in [6, 6.07) is 4.42. The highest BCUT2D eigenvalue weighted by atomic mass is 16.6. The van der Waals surface area contributed by atoms with Crippen LogP contribution in [0.15, 0.2) is 18.2 Å². The minimum atomic E-state index is -0.509. The molecule has 1 aliphatic heterocycles. The Kier molecular flexibility index (Phi) is 7.12. The third-order valence-corrected chi connectivity index (χ3v) is 4.44. The molecule has 9 heteroatoms. The molecular weight excluding hydrogens is 352 g/mol. The Labute approximate surface area is 158 Å². The maximum atomic E-state index is 12.7. The average molecular weight is 378 g/mol. The van der Waals surface area contributed by atoms with Gasteiger partial charge in [0.15, 0.2) is 0 Å². The van der Waals surface area contributed by atoms with E-state index in [0.29, 0.717) is 45.0 Å². The van der Waals surface area contributed by atoms with Crippen molar-refractivity contribution in [2.24, 2.45) is 5.92 Å². The second kappa shape index (κ2) is 9.31. The smallest absolute Gasteiger partial charge is 0.293 e. The monoisotopic (exact) mass is 378 g/mol. The van der Waals surface area contributed by atoms with E-state index >= 15 is 0 Å². The lowest BCUT2D eigenvalue weighted by Crippen LogP contribution is -2.51. The van der Waals surface area contributed by atoms with Gasteiger partial charge in [-0.05, 0) is 12.1 Å². The van der Waals surface area contributed by atoms with Gasteiger partial charge in [0, 0.05) is 57.4 Å². The molecule has 1 heterocycles. The number of nitro groups is 1. The zero-order valence-electron chi connectivity index (χ0n) is 15.9. The fourth-order valence-electron chi connectivity index (χ4n) is 2.93. The predicted octanol–water partition coefficient (Wildman–Crippen LogP) is 1.59. The standard InChI is InChI=1S/C18H26N4O5/c1-13(2)17(23)20-7-9-21(10-8-20)18(24)14-4-5-15(19-6-11-27-3)16(12-14)22(25)26/h4-5,12-13,19H,6-11H2,1-3H3. The molecular formula is C18H26N4O5. The molecule has 0 bridgehead atoms. The molecule has 0 aliphatic carbocycles. The van der Waals surface area contributed by atoms with Crippen LogP contribution in [0.4, 0.5) is 11.4 Å². The van der Waals surface area contributed by atoms with Crippen LogP contribution >= 0.6 is 0 Å². The first-order valence-electron chi connectivity index (χ1n) is 8.94. The van der Waals surface area contributed by atoms with Crippen molar-refractivity contribution >= 4 is 23.2 Å². The molecule has 1 aromatic rings. The quantitative estimate of drug-likeness (QED) is 0.439. The van der Waals surface area contributed by atoms with Crippen molar-refractivity contribution < 1.29 is 19.2 Å². The third kappa shape index (κ3) is 5.16. The van der Waals surface area contributed by atoms with Gasteiger partial charge >= 0.3 is 0 Å². The van der Waals surface area contributed by atoms with Crippen LogP contribution in [0.25, 0.3) is 0 Å². The first-order valence-corrected chi connectivity index (χ1v) is 8.94. The number of carbonyl (C=O) groups is 2. The van der Waals surface area contributed by atoms with Gasteiger partial charge in [-0.2, -0.15) is 0 Å². The molecule has 1 aromatic carbocycles. The maximum absolute atomic E-state index is 12.7. The summed E-state index contributed by atoms with van der Waals surface area (Å²) in [5, 5.41) is 14.3. The number of piperazine rings is 1. The maximum Gasteiger partial charge on any atom is 0.293 e. The second-order valence-electron chi connectivity index (χ2n) is 6.68. The van der Waals surface area contributed by atoms with E-state index in [-0.39, 0.29) is 29.0 Å². The molecule has 2 rings (SSSR count). The number of nitrogens with one attached hydrogen (secondary N) is 1. The first-order chi connectivity index (χ1) is 12.8. The summed E-state index contributed by atoms with van der Waals surface area (Å²) in [7, 11) is 1.55. The minimum absolute atomic E-state index is 0.0734. The van der Waals surface area contributed by atoms with Crippen LogP contribution in [-0.2, 0) is 9.53 Å². The Morgan fingerprint density at radius 3 is 2.41 bits per heavy atom. The molecule has 0 unspecified atom stereocenters. The van der Waals surface area contributed by atoms with Gasteiger partial charge in [-0.3, -0.25) is 19.7 Å². The van der Waals surface area contributed by atoms with Crippen molar-refractivity contribution in [3.63, 3.8) is 0 Å². The molecule has 2 amide bonds. The fraction of sp³-hybridized carbons (Fsp3) is 0.556. The summed E-state index contributed by atoms with van der Waals surface area (Å²) in [5.41, 5.74) is 0.467. The molecule has 0 atom stereocenters. The molecule has 0 saturated carbocycles. The number of ether oxygens (including phenoxy) is 1. The van der Waals surface area contributed by atoms with Gasteiger partial charge < -0.3 is 19.9 Å². The Hall–Kier alpha value is -2.68. The van der Waals surface area contributed by atoms with Crippen molar-refractivity contribution in [2.75, 3.05) is 51.8 Å². The van der Waals surface area contributed by atoms with E-state index in [9.17, 15) is 19.7 Å². The SMILES string of the molecule is COCCNc1ccc(C(=O)N2CCN(C(=O)C(C)C)CC2)cc1[N+](=O)[O-]. The molecule has 9 nitrogen and oxygen atoms in total. The van der Waals surface area contributed by atoms with Crippen molar-refractivity contribution in [2.45, 2.75) is 13.8 Å². The normalized spacial score (nSPS) is 14.4. The highest BCUT2D eigenvalue weighted by molar-refractivity contribution is 5.96. The van der Waals surface area contributed by atoms with E-state index in [1.54, 1.807) is 29.0 Å². The van der Waals surface area contributed by atoms with Gasteiger partial charge in [-0.15, -0.1) is 0 Å². The highest BCUT2D eigenvalue weighted by Crippen LogP contribution is 2.26. The lowest BCUT2D eigenvalue weighted by atomic mass is 10.1. The average Bonchev–Trinajstić information content (AvgIpc) is 2.67. The molecule has 1 saturated heterocycles. The Morgan fingerprint density at radius 2 is 1.85 bits per heavy atom. The lowest BCUT2D eigenvalue weighted by Gasteiger charge is -2.35. The minimum Gasteiger partial charge on any atom is -0.383 e. The number of benzene rings is 1. The van der Waals surface area contributed by atoms with Crippen molar-refractivity contribution in [3.05, 3.63) is 33.9 Å². The summed E-state index contributed by atoms with van der Waals surface area (Å²) in [6.45, 7) is 6.32. The van der Waals surface area contributed by atoms with Gasteiger partial charge in [-0.1, -0.05) is 13.8 Å². The van der Waals surface area contributed by atoms with E-state index in [4.69, 9.17) is 4.74 Å². The van der Waals surface area contributed by atoms with E-state index in [1.807, 2.05) is 13.8 Å². The van der Waals surface area contributed by atoms with Gasteiger partial charge in [-0.25, -0.2) is 0 Å². The van der Waals surface area contributed by atoms with Crippen molar-refractivity contribution in [1.29, 1.82) is 0 Å². The molecule has 1 aliphatic rings. The van der Waals surface area contributed by atoms with E-state index in [0.717, 1.165) is 0 Å². The Balaban J connectivity index is 2.07. The number of rotatable bonds is 7. The van der Waals surface area contributed by atoms with Crippen molar-refractivity contribution in [1.82, 2.24) is 9.80 Å². The summed E-state index contributed by atoms with van der Waals surface area (Å²) >= 11 is 0. The number of nitro benzene ring substituents is 1. The molecule has 1 fully saturated rings. The third-order valence-electron chi connectivity index (χ3n) is 4.44. The fourth-order valence-corrected chi connectivity index (χ4v) is 2.93. The molecule has 0 aromatic heterocycles. The summed E-state index contributed by atoms with van der Waals surface area (Å²) in [4.78, 5) is 39.0. The summed E-state index contributed by atoms with van der Waals surface area (Å²) in [5.74, 6) is -0.268. The number of amides is 2. The Bertz CT molecular complexity index is 699. The van der Waals surface area contributed by atoms with E-state index in [1.165, 1.54) is 6.07 Å². The van der Waals surface area contributed by atoms with Crippen LogP contribution in [0.2, 0.25) is 0 Å². The van der Waals surface area contributed by atoms with Gasteiger partial charge in [0.25, 0.3) is 11.6 Å². The number of hydrogen-bond acceptors (Lipinski definition) is 6. The highest BCUT2D eigenvalue weighted by Gasteiger charge is 2.27. The summed E-state index contributed by atoms with van der Waals surface area (Å²) in [6.07, 6.45) is 0. The largest absolute Gasteiger partial charge is 0.383 e. The number of hydrogen-bond donors (Lipinski definition) is 1. The van der Waals surface area contributed by atoms with Crippen LogP contribution in [-0.4, -0.2) is 73.0 Å². The van der Waals surface area contributed by atoms with Crippen LogP contribution in [0.5, 0.6) is 0 Å².